The van der Waals surface area contributed by atoms with Crippen molar-refractivity contribution in [1.82, 2.24) is 29.6 Å². The van der Waals surface area contributed by atoms with Crippen molar-refractivity contribution in [3.05, 3.63) is 59.8 Å². The van der Waals surface area contributed by atoms with Gasteiger partial charge in [0.25, 0.3) is 5.91 Å². The molecule has 0 aliphatic heterocycles. The number of amides is 2. The normalized spacial score (nSPS) is 16.8. The van der Waals surface area contributed by atoms with Gasteiger partial charge in [0.2, 0.25) is 5.91 Å². The van der Waals surface area contributed by atoms with Crippen molar-refractivity contribution in [2.75, 3.05) is 25.1 Å². The average Bonchev–Trinajstić information content (AvgIpc) is 3.51. The molecule has 1 aliphatic carbocycles. The van der Waals surface area contributed by atoms with E-state index in [-0.39, 0.29) is 23.7 Å². The van der Waals surface area contributed by atoms with Crippen LogP contribution in [0.5, 0.6) is 0 Å². The van der Waals surface area contributed by atoms with Crippen molar-refractivity contribution in [3.63, 3.8) is 0 Å². The van der Waals surface area contributed by atoms with Crippen molar-refractivity contribution >= 4 is 34.2 Å². The lowest BCUT2D eigenvalue weighted by atomic mass is 10.0. The van der Waals surface area contributed by atoms with Crippen molar-refractivity contribution in [2.24, 2.45) is 13.0 Å². The number of anilines is 2. The molecule has 0 spiro atoms. The van der Waals surface area contributed by atoms with E-state index in [1.165, 1.54) is 4.90 Å². The number of rotatable bonds is 5. The van der Waals surface area contributed by atoms with Gasteiger partial charge in [0.15, 0.2) is 0 Å². The van der Waals surface area contributed by atoms with Gasteiger partial charge >= 0.3 is 0 Å². The molecule has 4 aromatic heterocycles. The molecule has 5 rings (SSSR count). The van der Waals surface area contributed by atoms with E-state index < -0.39 is 0 Å². The van der Waals surface area contributed by atoms with Crippen molar-refractivity contribution in [2.45, 2.75) is 19.3 Å². The fourth-order valence-corrected chi connectivity index (χ4v) is 4.25. The molecule has 2 amide bonds. The molecule has 0 aromatic carbocycles. The third kappa shape index (κ3) is 4.30. The van der Waals surface area contributed by atoms with Crippen molar-refractivity contribution < 1.29 is 9.59 Å². The molecule has 1 saturated carbocycles. The van der Waals surface area contributed by atoms with Crippen LogP contribution in [0.2, 0.25) is 0 Å². The number of aromatic nitrogens is 5. The second kappa shape index (κ2) is 8.46. The smallest absolute Gasteiger partial charge is 0.271 e. The number of nitrogen functional groups attached to an aromatic ring is 1. The lowest BCUT2D eigenvalue weighted by Gasteiger charge is -2.13. The molecule has 10 heteroatoms. The molecule has 0 radical (unpaired) electrons. The molecule has 0 bridgehead atoms. The second-order valence-electron chi connectivity index (χ2n) is 9.15. The largest absolute Gasteiger partial charge is 0.383 e. The van der Waals surface area contributed by atoms with Crippen molar-refractivity contribution in [3.8, 4) is 11.3 Å². The fourth-order valence-electron chi connectivity index (χ4n) is 4.25. The van der Waals surface area contributed by atoms with E-state index in [1.807, 2.05) is 32.4 Å². The Hall–Kier alpha value is -4.34. The maximum atomic E-state index is 12.8. The molecule has 2 atom stereocenters. The van der Waals surface area contributed by atoms with Gasteiger partial charge in [-0.25, -0.2) is 9.97 Å². The first-order chi connectivity index (χ1) is 16.7. The molecule has 1 fully saturated rings. The molecular formula is C25H26N8O2. The molecule has 1 aliphatic rings. The van der Waals surface area contributed by atoms with Crippen molar-refractivity contribution in [1.29, 1.82) is 0 Å². The van der Waals surface area contributed by atoms with Crippen LogP contribution in [-0.4, -0.2) is 55.5 Å². The molecule has 3 N–H and O–H groups in total. The summed E-state index contributed by atoms with van der Waals surface area (Å²) in [6.45, 7) is 1.90. The number of carbonyl (C=O) groups excluding carboxylic acids is 2. The number of hydrogen-bond donors (Lipinski definition) is 2. The number of nitrogens with one attached hydrogen (secondary N) is 1. The van der Waals surface area contributed by atoms with Crippen LogP contribution in [0.3, 0.4) is 0 Å². The maximum Gasteiger partial charge on any atom is 0.271 e. The summed E-state index contributed by atoms with van der Waals surface area (Å²) < 4.78 is 1.74. The van der Waals surface area contributed by atoms with E-state index in [1.54, 1.807) is 43.3 Å². The number of nitrogens with zero attached hydrogens (tertiary/aromatic N) is 6. The zero-order valence-corrected chi connectivity index (χ0v) is 20.0. The van der Waals surface area contributed by atoms with Gasteiger partial charge < -0.3 is 16.0 Å². The zero-order chi connectivity index (χ0) is 24.9. The topological polar surface area (TPSA) is 132 Å². The zero-order valence-electron chi connectivity index (χ0n) is 20.0. The maximum absolute atomic E-state index is 12.8. The summed E-state index contributed by atoms with van der Waals surface area (Å²) in [5.41, 5.74) is 9.93. The van der Waals surface area contributed by atoms with Crippen LogP contribution in [0.1, 0.15) is 34.0 Å². The highest BCUT2D eigenvalue weighted by Gasteiger charge is 2.44. The molecule has 0 unspecified atom stereocenters. The van der Waals surface area contributed by atoms with Crippen LogP contribution in [0.25, 0.3) is 22.0 Å². The minimum absolute atomic E-state index is 0.0610. The molecule has 4 heterocycles. The molecule has 0 saturated heterocycles. The Balaban J connectivity index is 1.40. The van der Waals surface area contributed by atoms with E-state index in [9.17, 15) is 9.59 Å². The Morgan fingerprint density at radius 3 is 2.63 bits per heavy atom. The number of nitrogens with two attached hydrogens (primary N) is 1. The summed E-state index contributed by atoms with van der Waals surface area (Å²) in [6.07, 6.45) is 7.80. The summed E-state index contributed by atoms with van der Waals surface area (Å²) in [5.74, 6) is 0.653. The van der Waals surface area contributed by atoms with Crippen LogP contribution >= 0.6 is 0 Å². The van der Waals surface area contributed by atoms with E-state index >= 15 is 0 Å². The van der Waals surface area contributed by atoms with Gasteiger partial charge in [0.1, 0.15) is 17.3 Å². The minimum atomic E-state index is -0.168. The summed E-state index contributed by atoms with van der Waals surface area (Å²) >= 11 is 0. The number of hydrogen-bond acceptors (Lipinski definition) is 7. The second-order valence-corrected chi connectivity index (χ2v) is 9.15. The number of fused-ring (bicyclic) bond motifs is 1. The van der Waals surface area contributed by atoms with Gasteiger partial charge in [-0.1, -0.05) is 0 Å². The van der Waals surface area contributed by atoms with Crippen LogP contribution < -0.4 is 11.1 Å². The first kappa shape index (κ1) is 22.5. The number of pyridine rings is 3. The highest BCUT2D eigenvalue weighted by molar-refractivity contribution is 5.99. The summed E-state index contributed by atoms with van der Waals surface area (Å²) in [4.78, 5) is 39.7. The molecule has 178 valence electrons. The van der Waals surface area contributed by atoms with Gasteiger partial charge in [0.05, 0.1) is 11.9 Å². The first-order valence-electron chi connectivity index (χ1n) is 11.3. The first-order valence-corrected chi connectivity index (χ1v) is 11.3. The predicted molar refractivity (Wildman–Crippen MR) is 133 cm³/mol. The standard InChI is InChI=1S/C25H26N8O2/c1-13-5-21(25(35)32(2)3)27-10-18(13)20-6-14-7-22(28-11-19(14)23(26)30-20)31-24(34)17-8-16(17)15-9-29-33(4)12-15/h5-7,9-12,16-17H,8H2,1-4H3,(H2,26,30)(H,28,31,34)/t16-,17+/m1/s1. The Morgan fingerprint density at radius 1 is 1.14 bits per heavy atom. The highest BCUT2D eigenvalue weighted by Crippen LogP contribution is 2.47. The van der Waals surface area contributed by atoms with Gasteiger partial charge in [-0.05, 0) is 54.0 Å². The van der Waals surface area contributed by atoms with E-state index in [0.717, 1.165) is 28.5 Å². The Bertz CT molecular complexity index is 1480. The van der Waals surface area contributed by atoms with Crippen LogP contribution in [-0.2, 0) is 11.8 Å². The van der Waals surface area contributed by atoms with Crippen LogP contribution in [0.4, 0.5) is 11.6 Å². The van der Waals surface area contributed by atoms with E-state index in [0.29, 0.717) is 28.4 Å². The van der Waals surface area contributed by atoms with Crippen LogP contribution in [0.15, 0.2) is 43.0 Å². The predicted octanol–water partition coefficient (Wildman–Crippen LogP) is 2.76. The summed E-state index contributed by atoms with van der Waals surface area (Å²) in [7, 11) is 5.24. The van der Waals surface area contributed by atoms with Gasteiger partial charge in [-0.2, -0.15) is 5.10 Å². The fraction of sp³-hybridized carbons (Fsp3) is 0.280. The van der Waals surface area contributed by atoms with Gasteiger partial charge in [0, 0.05) is 56.6 Å². The average molecular weight is 471 g/mol. The number of aryl methyl sites for hydroxylation is 2. The number of carbonyl (C=O) groups is 2. The highest BCUT2D eigenvalue weighted by atomic mass is 16.2. The van der Waals surface area contributed by atoms with Gasteiger partial charge in [-0.3, -0.25) is 19.3 Å². The molecular weight excluding hydrogens is 444 g/mol. The Labute approximate surface area is 202 Å². The third-order valence-corrected chi connectivity index (χ3v) is 6.29. The molecule has 4 aromatic rings. The lowest BCUT2D eigenvalue weighted by Crippen LogP contribution is -2.22. The monoisotopic (exact) mass is 470 g/mol. The molecule has 10 nitrogen and oxygen atoms in total. The Kier molecular flexibility index (Phi) is 5.43. The summed E-state index contributed by atoms with van der Waals surface area (Å²) in [5, 5.41) is 8.61. The third-order valence-electron chi connectivity index (χ3n) is 6.29. The minimum Gasteiger partial charge on any atom is -0.383 e. The summed E-state index contributed by atoms with van der Waals surface area (Å²) in [6, 6.07) is 5.42. The van der Waals surface area contributed by atoms with E-state index in [2.05, 4.69) is 25.4 Å². The van der Waals surface area contributed by atoms with Crippen LogP contribution in [0, 0.1) is 12.8 Å². The SMILES string of the molecule is Cc1cc(C(=O)N(C)C)ncc1-c1cc2cc(NC(=O)[C@H]3C[C@@H]3c3cnn(C)c3)ncc2c(N)n1. The van der Waals surface area contributed by atoms with E-state index in [4.69, 9.17) is 5.73 Å². The van der Waals surface area contributed by atoms with Gasteiger partial charge in [-0.15, -0.1) is 0 Å². The Morgan fingerprint density at radius 2 is 1.94 bits per heavy atom. The quantitative estimate of drug-likeness (QED) is 0.458. The lowest BCUT2D eigenvalue weighted by molar-refractivity contribution is -0.117. The molecule has 35 heavy (non-hydrogen) atoms.